The standard InChI is InChI=1S/C20H17F2N3O2S/c1-11(17-7-6-12(2)27-17)8-16-14(9-23)19(26)25-20(24-16)28-10-13-4-3-5-15(21)18(13)22/h3-7,11H,8,10H2,1-2H3,(H,24,25,26)/t11-/m1/s1. The molecule has 0 saturated heterocycles. The van der Waals surface area contributed by atoms with Crippen molar-refractivity contribution in [3.05, 3.63) is 80.7 Å². The Balaban J connectivity index is 1.84. The summed E-state index contributed by atoms with van der Waals surface area (Å²) in [4.78, 5) is 19.2. The molecule has 0 unspecified atom stereocenters. The molecule has 0 fully saturated rings. The van der Waals surface area contributed by atoms with Crippen LogP contribution < -0.4 is 5.56 Å². The molecule has 0 spiro atoms. The van der Waals surface area contributed by atoms with Gasteiger partial charge in [0.25, 0.3) is 5.56 Å². The molecular formula is C20H17F2N3O2S. The van der Waals surface area contributed by atoms with Gasteiger partial charge in [-0.15, -0.1) is 0 Å². The van der Waals surface area contributed by atoms with E-state index in [9.17, 15) is 18.8 Å². The zero-order valence-corrected chi connectivity index (χ0v) is 16.1. The minimum absolute atomic E-state index is 0.0589. The molecule has 3 rings (SSSR count). The Hall–Kier alpha value is -2.92. The molecule has 1 N–H and O–H groups in total. The fourth-order valence-electron chi connectivity index (χ4n) is 2.74. The van der Waals surface area contributed by atoms with Crippen molar-refractivity contribution in [2.45, 2.75) is 37.1 Å². The number of rotatable bonds is 6. The number of thioether (sulfide) groups is 1. The number of hydrogen-bond donors (Lipinski definition) is 1. The van der Waals surface area contributed by atoms with Crippen molar-refractivity contribution < 1.29 is 13.2 Å². The highest BCUT2D eigenvalue weighted by Crippen LogP contribution is 2.25. The smallest absolute Gasteiger partial charge is 0.269 e. The van der Waals surface area contributed by atoms with Crippen LogP contribution in [0.3, 0.4) is 0 Å². The Labute approximate surface area is 164 Å². The molecule has 0 bridgehead atoms. The Bertz CT molecular complexity index is 1100. The van der Waals surface area contributed by atoms with Crippen molar-refractivity contribution in [1.82, 2.24) is 9.97 Å². The number of nitrogens with one attached hydrogen (secondary N) is 1. The molecule has 0 aliphatic heterocycles. The lowest BCUT2D eigenvalue weighted by Crippen LogP contribution is -2.18. The quantitative estimate of drug-likeness (QED) is 0.487. The van der Waals surface area contributed by atoms with Gasteiger partial charge in [-0.1, -0.05) is 30.8 Å². The molecule has 2 aromatic heterocycles. The van der Waals surface area contributed by atoms with Gasteiger partial charge in [0.1, 0.15) is 23.2 Å². The van der Waals surface area contributed by atoms with E-state index in [0.717, 1.165) is 29.3 Å². The lowest BCUT2D eigenvalue weighted by atomic mass is 10.0. The van der Waals surface area contributed by atoms with Gasteiger partial charge in [-0.3, -0.25) is 4.79 Å². The second-order valence-electron chi connectivity index (χ2n) is 6.36. The number of aromatic nitrogens is 2. The van der Waals surface area contributed by atoms with Crippen LogP contribution in [0.25, 0.3) is 0 Å². The Morgan fingerprint density at radius 1 is 1.32 bits per heavy atom. The summed E-state index contributed by atoms with van der Waals surface area (Å²) < 4.78 is 32.7. The number of aryl methyl sites for hydroxylation is 1. The van der Waals surface area contributed by atoms with E-state index in [2.05, 4.69) is 9.97 Å². The average Bonchev–Trinajstić information content (AvgIpc) is 3.09. The maximum absolute atomic E-state index is 13.8. The summed E-state index contributed by atoms with van der Waals surface area (Å²) in [5.41, 5.74) is -0.109. The van der Waals surface area contributed by atoms with Crippen molar-refractivity contribution in [2.75, 3.05) is 0 Å². The SMILES string of the molecule is Cc1ccc([C@H](C)Cc2nc(SCc3cccc(F)c3F)[nH]c(=O)c2C#N)o1. The van der Waals surface area contributed by atoms with Gasteiger partial charge in [0.15, 0.2) is 16.8 Å². The van der Waals surface area contributed by atoms with E-state index in [1.54, 1.807) is 0 Å². The molecular weight excluding hydrogens is 384 g/mol. The monoisotopic (exact) mass is 401 g/mol. The third kappa shape index (κ3) is 4.31. The normalized spacial score (nSPS) is 12.0. The van der Waals surface area contributed by atoms with Crippen molar-refractivity contribution in [3.8, 4) is 6.07 Å². The molecule has 0 aliphatic carbocycles. The summed E-state index contributed by atoms with van der Waals surface area (Å²) in [7, 11) is 0. The maximum Gasteiger partial charge on any atom is 0.269 e. The van der Waals surface area contributed by atoms with E-state index in [0.29, 0.717) is 12.1 Å². The van der Waals surface area contributed by atoms with E-state index in [1.165, 1.54) is 12.1 Å². The topological polar surface area (TPSA) is 82.7 Å². The summed E-state index contributed by atoms with van der Waals surface area (Å²) in [6.45, 7) is 3.75. The molecule has 0 amide bonds. The third-order valence-electron chi connectivity index (χ3n) is 4.23. The number of hydrogen-bond acceptors (Lipinski definition) is 5. The number of benzene rings is 1. The number of nitrogens with zero attached hydrogens (tertiary/aromatic N) is 2. The van der Waals surface area contributed by atoms with E-state index in [1.807, 2.05) is 32.0 Å². The second kappa shape index (κ2) is 8.40. The summed E-state index contributed by atoms with van der Waals surface area (Å²) in [5.74, 6) is -0.344. The summed E-state index contributed by atoms with van der Waals surface area (Å²) in [5, 5.41) is 9.56. The van der Waals surface area contributed by atoms with Crippen molar-refractivity contribution in [3.63, 3.8) is 0 Å². The maximum atomic E-state index is 13.8. The molecule has 0 saturated carbocycles. The Kier molecular flexibility index (Phi) is 5.95. The van der Waals surface area contributed by atoms with Gasteiger partial charge >= 0.3 is 0 Å². The van der Waals surface area contributed by atoms with Gasteiger partial charge in [0, 0.05) is 23.7 Å². The highest BCUT2D eigenvalue weighted by atomic mass is 32.2. The van der Waals surface area contributed by atoms with Crippen LogP contribution in [-0.2, 0) is 12.2 Å². The first-order valence-electron chi connectivity index (χ1n) is 8.54. The molecule has 5 nitrogen and oxygen atoms in total. The van der Waals surface area contributed by atoms with Crippen LogP contribution in [-0.4, -0.2) is 9.97 Å². The second-order valence-corrected chi connectivity index (χ2v) is 7.32. The Morgan fingerprint density at radius 2 is 2.11 bits per heavy atom. The first kappa shape index (κ1) is 19.8. The van der Waals surface area contributed by atoms with E-state index in [-0.39, 0.29) is 28.0 Å². The number of halogens is 2. The summed E-state index contributed by atoms with van der Waals surface area (Å²) in [6, 6.07) is 9.51. The molecule has 0 aliphatic rings. The molecule has 1 atom stereocenters. The van der Waals surface area contributed by atoms with Crippen LogP contribution in [0.4, 0.5) is 8.78 Å². The minimum atomic E-state index is -0.928. The predicted octanol–water partition coefficient (Wildman–Crippen LogP) is 4.46. The molecule has 3 aromatic rings. The molecule has 1 aromatic carbocycles. The fraction of sp³-hybridized carbons (Fsp3) is 0.250. The highest BCUT2D eigenvalue weighted by Gasteiger charge is 2.18. The van der Waals surface area contributed by atoms with Gasteiger partial charge in [0.05, 0.1) is 5.69 Å². The van der Waals surface area contributed by atoms with Crippen LogP contribution in [0.2, 0.25) is 0 Å². The molecule has 2 heterocycles. The van der Waals surface area contributed by atoms with E-state index >= 15 is 0 Å². The minimum Gasteiger partial charge on any atom is -0.466 e. The zero-order valence-electron chi connectivity index (χ0n) is 15.3. The summed E-state index contributed by atoms with van der Waals surface area (Å²) in [6.07, 6.45) is 0.335. The molecule has 0 radical (unpaired) electrons. The number of nitriles is 1. The molecule has 144 valence electrons. The molecule has 28 heavy (non-hydrogen) atoms. The van der Waals surface area contributed by atoms with Crippen LogP contribution >= 0.6 is 11.8 Å². The number of H-pyrrole nitrogens is 1. The van der Waals surface area contributed by atoms with Crippen molar-refractivity contribution in [2.24, 2.45) is 0 Å². The number of furan rings is 1. The predicted molar refractivity (Wildman–Crippen MR) is 101 cm³/mol. The third-order valence-corrected chi connectivity index (χ3v) is 5.15. The average molecular weight is 401 g/mol. The van der Waals surface area contributed by atoms with Crippen molar-refractivity contribution >= 4 is 11.8 Å². The zero-order chi connectivity index (χ0) is 20.3. The van der Waals surface area contributed by atoms with Gasteiger partial charge in [0.2, 0.25) is 0 Å². The fourth-order valence-corrected chi connectivity index (χ4v) is 3.60. The van der Waals surface area contributed by atoms with Gasteiger partial charge in [-0.2, -0.15) is 5.26 Å². The van der Waals surface area contributed by atoms with Gasteiger partial charge in [-0.05, 0) is 25.1 Å². The summed E-state index contributed by atoms with van der Waals surface area (Å²) >= 11 is 1.06. The molecule has 8 heteroatoms. The highest BCUT2D eigenvalue weighted by molar-refractivity contribution is 7.98. The largest absolute Gasteiger partial charge is 0.466 e. The first-order chi connectivity index (χ1) is 13.4. The first-order valence-corrected chi connectivity index (χ1v) is 9.53. The van der Waals surface area contributed by atoms with Crippen molar-refractivity contribution in [1.29, 1.82) is 5.26 Å². The lowest BCUT2D eigenvalue weighted by Gasteiger charge is -2.11. The van der Waals surface area contributed by atoms with Crippen LogP contribution in [0.15, 0.2) is 44.7 Å². The number of aromatic amines is 1. The van der Waals surface area contributed by atoms with E-state index < -0.39 is 17.2 Å². The van der Waals surface area contributed by atoms with Crippen LogP contribution in [0, 0.1) is 29.9 Å². The van der Waals surface area contributed by atoms with Crippen LogP contribution in [0.5, 0.6) is 0 Å². The van der Waals surface area contributed by atoms with Gasteiger partial charge in [-0.25, -0.2) is 13.8 Å². The van der Waals surface area contributed by atoms with Crippen LogP contribution in [0.1, 0.15) is 41.2 Å². The Morgan fingerprint density at radius 3 is 2.79 bits per heavy atom. The lowest BCUT2D eigenvalue weighted by molar-refractivity contribution is 0.450. The van der Waals surface area contributed by atoms with Gasteiger partial charge < -0.3 is 9.40 Å². The van der Waals surface area contributed by atoms with E-state index in [4.69, 9.17) is 4.42 Å².